The molecule has 2 rings (SSSR count). The second-order valence-electron chi connectivity index (χ2n) is 7.50. The molecule has 4 heteroatoms. The van der Waals surface area contributed by atoms with E-state index in [1.165, 1.54) is 0 Å². The van der Waals surface area contributed by atoms with Gasteiger partial charge in [-0.25, -0.2) is 4.79 Å². The van der Waals surface area contributed by atoms with Crippen LogP contribution in [0.25, 0.3) is 0 Å². The number of benzene rings is 1. The summed E-state index contributed by atoms with van der Waals surface area (Å²) in [4.78, 5) is 26.5. The van der Waals surface area contributed by atoms with Crippen molar-refractivity contribution in [3.05, 3.63) is 35.9 Å². The van der Waals surface area contributed by atoms with Crippen LogP contribution in [0.5, 0.6) is 0 Å². The Morgan fingerprint density at radius 3 is 2.43 bits per heavy atom. The molecule has 1 saturated heterocycles. The zero-order valence-corrected chi connectivity index (χ0v) is 14.6. The summed E-state index contributed by atoms with van der Waals surface area (Å²) in [5.41, 5.74) is 0.109. The number of nitrogens with zero attached hydrogens (tertiary/aromatic N) is 1. The fourth-order valence-corrected chi connectivity index (χ4v) is 3.16. The number of Topliss-reactive ketones (excluding diaryl/α,β-unsaturated/α-hetero) is 1. The molecule has 1 aromatic carbocycles. The van der Waals surface area contributed by atoms with Gasteiger partial charge in [0.1, 0.15) is 11.4 Å². The molecule has 0 N–H and O–H groups in total. The molecule has 23 heavy (non-hydrogen) atoms. The number of ketones is 1. The minimum absolute atomic E-state index is 0.148. The van der Waals surface area contributed by atoms with E-state index in [4.69, 9.17) is 4.74 Å². The molecular weight excluding hydrogens is 290 g/mol. The highest BCUT2D eigenvalue weighted by Gasteiger charge is 2.42. The molecule has 1 atom stereocenters. The summed E-state index contributed by atoms with van der Waals surface area (Å²) in [6.07, 6.45) is 1.99. The maximum absolute atomic E-state index is 12.4. The highest BCUT2D eigenvalue weighted by Crippen LogP contribution is 2.35. The molecule has 1 amide bonds. The van der Waals surface area contributed by atoms with E-state index >= 15 is 0 Å². The topological polar surface area (TPSA) is 46.6 Å². The monoisotopic (exact) mass is 317 g/mol. The number of rotatable bonds is 3. The Morgan fingerprint density at radius 2 is 1.87 bits per heavy atom. The van der Waals surface area contributed by atoms with Gasteiger partial charge in [0.15, 0.2) is 0 Å². The molecule has 1 aliphatic heterocycles. The first-order valence-electron chi connectivity index (χ1n) is 8.25. The normalized spacial score (nSPS) is 21.8. The van der Waals surface area contributed by atoms with E-state index in [2.05, 4.69) is 0 Å². The van der Waals surface area contributed by atoms with Gasteiger partial charge in [-0.2, -0.15) is 0 Å². The summed E-state index contributed by atoms with van der Waals surface area (Å²) < 4.78 is 5.48. The van der Waals surface area contributed by atoms with Crippen LogP contribution in [0.3, 0.4) is 0 Å². The van der Waals surface area contributed by atoms with E-state index in [1.54, 1.807) is 11.8 Å². The predicted molar refractivity (Wildman–Crippen MR) is 90.3 cm³/mol. The average molecular weight is 317 g/mol. The van der Waals surface area contributed by atoms with Gasteiger partial charge in [-0.3, -0.25) is 4.79 Å². The average Bonchev–Trinajstić information content (AvgIpc) is 2.46. The van der Waals surface area contributed by atoms with Crippen LogP contribution in [0.15, 0.2) is 30.3 Å². The summed E-state index contributed by atoms with van der Waals surface area (Å²) in [5, 5.41) is 0. The molecule has 0 spiro atoms. The van der Waals surface area contributed by atoms with Crippen molar-refractivity contribution in [3.63, 3.8) is 0 Å². The lowest BCUT2D eigenvalue weighted by molar-refractivity contribution is -0.129. The number of piperidine rings is 1. The third-order valence-electron chi connectivity index (χ3n) is 4.36. The second kappa shape index (κ2) is 6.73. The van der Waals surface area contributed by atoms with Gasteiger partial charge in [-0.15, -0.1) is 0 Å². The maximum Gasteiger partial charge on any atom is 0.410 e. The molecule has 1 fully saturated rings. The van der Waals surface area contributed by atoms with Crippen molar-refractivity contribution in [1.82, 2.24) is 4.90 Å². The van der Waals surface area contributed by atoms with E-state index in [0.717, 1.165) is 18.4 Å². The van der Waals surface area contributed by atoms with Crippen molar-refractivity contribution in [3.8, 4) is 0 Å². The minimum atomic E-state index is -0.521. The van der Waals surface area contributed by atoms with Crippen LogP contribution in [0.2, 0.25) is 0 Å². The van der Waals surface area contributed by atoms with E-state index in [9.17, 15) is 9.59 Å². The van der Waals surface area contributed by atoms with Crippen molar-refractivity contribution in [2.75, 3.05) is 13.1 Å². The first-order valence-corrected chi connectivity index (χ1v) is 8.25. The highest BCUT2D eigenvalue weighted by molar-refractivity contribution is 5.84. The summed E-state index contributed by atoms with van der Waals surface area (Å²) in [6.45, 7) is 8.30. The number of hydrogen-bond donors (Lipinski definition) is 0. The Balaban J connectivity index is 2.17. The molecule has 1 heterocycles. The zero-order chi connectivity index (χ0) is 17.1. The molecule has 0 radical (unpaired) electrons. The molecule has 0 saturated carbocycles. The standard InChI is InChI=1S/C19H27NO3/c1-15(21)19(13-16-9-6-5-7-10-16)11-8-12-20(14-19)17(22)23-18(2,3)4/h5-7,9-10H,8,11-14H2,1-4H3/t19-/m1/s1. The number of amides is 1. The van der Waals surface area contributed by atoms with Gasteiger partial charge in [0.05, 0.1) is 5.41 Å². The van der Waals surface area contributed by atoms with Gasteiger partial charge < -0.3 is 9.64 Å². The van der Waals surface area contributed by atoms with Crippen LogP contribution in [0, 0.1) is 5.41 Å². The quantitative estimate of drug-likeness (QED) is 0.851. The number of carbonyl (C=O) groups excluding carboxylic acids is 2. The van der Waals surface area contributed by atoms with Gasteiger partial charge in [-0.1, -0.05) is 30.3 Å². The van der Waals surface area contributed by atoms with Crippen LogP contribution in [-0.4, -0.2) is 35.5 Å². The van der Waals surface area contributed by atoms with Crippen LogP contribution in [0.1, 0.15) is 46.1 Å². The third kappa shape index (κ3) is 4.57. The van der Waals surface area contributed by atoms with Crippen LogP contribution < -0.4 is 0 Å². The van der Waals surface area contributed by atoms with Crippen molar-refractivity contribution in [2.45, 2.75) is 52.6 Å². The van der Waals surface area contributed by atoms with Gasteiger partial charge in [0, 0.05) is 13.1 Å². The van der Waals surface area contributed by atoms with E-state index in [-0.39, 0.29) is 11.9 Å². The Labute approximate surface area is 138 Å². The Morgan fingerprint density at radius 1 is 1.22 bits per heavy atom. The number of ether oxygens (including phenoxy) is 1. The maximum atomic E-state index is 12.4. The lowest BCUT2D eigenvalue weighted by Gasteiger charge is -2.41. The largest absolute Gasteiger partial charge is 0.444 e. The lowest BCUT2D eigenvalue weighted by Crippen LogP contribution is -2.51. The molecule has 1 aliphatic rings. The van der Waals surface area contributed by atoms with Gasteiger partial charge >= 0.3 is 6.09 Å². The van der Waals surface area contributed by atoms with Gasteiger partial charge in [0.2, 0.25) is 0 Å². The number of hydrogen-bond acceptors (Lipinski definition) is 3. The molecular formula is C19H27NO3. The Hall–Kier alpha value is -1.84. The van der Waals surface area contributed by atoms with E-state index in [0.29, 0.717) is 19.5 Å². The van der Waals surface area contributed by atoms with Crippen LogP contribution in [-0.2, 0) is 16.0 Å². The summed E-state index contributed by atoms with van der Waals surface area (Å²) >= 11 is 0. The van der Waals surface area contributed by atoms with E-state index in [1.807, 2.05) is 51.1 Å². The Kier molecular flexibility index (Phi) is 5.12. The number of likely N-dealkylation sites (tertiary alicyclic amines) is 1. The first-order chi connectivity index (χ1) is 10.7. The van der Waals surface area contributed by atoms with Crippen molar-refractivity contribution in [2.24, 2.45) is 5.41 Å². The zero-order valence-electron chi connectivity index (χ0n) is 14.6. The molecule has 0 aliphatic carbocycles. The summed E-state index contributed by atoms with van der Waals surface area (Å²) in [7, 11) is 0. The third-order valence-corrected chi connectivity index (χ3v) is 4.36. The molecule has 4 nitrogen and oxygen atoms in total. The van der Waals surface area contributed by atoms with Crippen molar-refractivity contribution < 1.29 is 14.3 Å². The predicted octanol–water partition coefficient (Wildman–Crippen LogP) is 3.84. The van der Waals surface area contributed by atoms with Crippen molar-refractivity contribution >= 4 is 11.9 Å². The summed E-state index contributed by atoms with van der Waals surface area (Å²) in [5.74, 6) is 0.148. The van der Waals surface area contributed by atoms with E-state index < -0.39 is 11.0 Å². The molecule has 126 valence electrons. The second-order valence-corrected chi connectivity index (χ2v) is 7.50. The highest BCUT2D eigenvalue weighted by atomic mass is 16.6. The molecule has 0 aromatic heterocycles. The first kappa shape index (κ1) is 17.5. The van der Waals surface area contributed by atoms with Crippen molar-refractivity contribution in [1.29, 1.82) is 0 Å². The van der Waals surface area contributed by atoms with Gasteiger partial charge in [-0.05, 0) is 52.5 Å². The Bertz CT molecular complexity index is 562. The van der Waals surface area contributed by atoms with Crippen LogP contribution >= 0.6 is 0 Å². The minimum Gasteiger partial charge on any atom is -0.444 e. The van der Waals surface area contributed by atoms with Crippen LogP contribution in [0.4, 0.5) is 4.79 Å². The SMILES string of the molecule is CC(=O)[C@@]1(Cc2ccccc2)CCCN(C(=O)OC(C)(C)C)C1. The van der Waals surface area contributed by atoms with Gasteiger partial charge in [0.25, 0.3) is 0 Å². The molecule has 1 aromatic rings. The smallest absolute Gasteiger partial charge is 0.410 e. The number of carbonyl (C=O) groups is 2. The summed E-state index contributed by atoms with van der Waals surface area (Å²) in [6, 6.07) is 10.0. The molecule has 0 bridgehead atoms. The lowest BCUT2D eigenvalue weighted by atomic mass is 9.72. The molecule has 0 unspecified atom stereocenters. The fourth-order valence-electron chi connectivity index (χ4n) is 3.16. The fraction of sp³-hybridized carbons (Fsp3) is 0.579.